The minimum Gasteiger partial charge on any atom is -0.642 e. The van der Waals surface area contributed by atoms with Gasteiger partial charge in [0.05, 0.1) is 0 Å². The van der Waals surface area contributed by atoms with Gasteiger partial charge in [-0.15, -0.1) is 0 Å². The van der Waals surface area contributed by atoms with E-state index in [-0.39, 0.29) is 21.1 Å². The molecule has 0 radical (unpaired) electrons. The summed E-state index contributed by atoms with van der Waals surface area (Å²) in [6.45, 7) is 0.514. The first kappa shape index (κ1) is 9.79. The van der Waals surface area contributed by atoms with Gasteiger partial charge in [0, 0.05) is 7.11 Å². The van der Waals surface area contributed by atoms with Crippen LogP contribution in [0.2, 0.25) is 0 Å². The van der Waals surface area contributed by atoms with Crippen molar-refractivity contribution in [2.75, 3.05) is 20.9 Å². The zero-order chi connectivity index (χ0) is 4.12. The quantitative estimate of drug-likeness (QED) is 0.711. The molecule has 36 valence electrons. The van der Waals surface area contributed by atoms with Gasteiger partial charge in [-0.3, -0.25) is 0 Å². The van der Waals surface area contributed by atoms with Crippen LogP contribution in [0, 0.1) is 0 Å². The van der Waals surface area contributed by atoms with Gasteiger partial charge in [0.25, 0.3) is 0 Å². The Kier molecular flexibility index (Phi) is 14.9. The van der Waals surface area contributed by atoms with Crippen molar-refractivity contribution < 1.29 is 25.8 Å². The number of methoxy groups -OCH3 is 1. The zero-order valence-electron chi connectivity index (χ0n) is 3.97. The van der Waals surface area contributed by atoms with Crippen molar-refractivity contribution in [3.8, 4) is 0 Å². The van der Waals surface area contributed by atoms with Crippen molar-refractivity contribution in [2.24, 2.45) is 0 Å². The van der Waals surface area contributed by atoms with Crippen LogP contribution in [0.15, 0.2) is 0 Å². The molecule has 0 rings (SSSR count). The number of hydrogen-bond acceptors (Lipinski definition) is 1. The van der Waals surface area contributed by atoms with Crippen LogP contribution >= 0.6 is 0 Å². The fourth-order valence-electron chi connectivity index (χ4n) is 0.129. The van der Waals surface area contributed by atoms with E-state index in [1.54, 1.807) is 14.2 Å². The first-order chi connectivity index (χ1) is 2.41. The number of rotatable bonds is 2. The van der Waals surface area contributed by atoms with E-state index < -0.39 is 0 Å². The maximum absolute atomic E-state index is 4.52. The predicted molar refractivity (Wildman–Crippen MR) is 21.2 cm³/mol. The fourth-order valence-corrected chi connectivity index (χ4v) is 0.129. The van der Waals surface area contributed by atoms with Gasteiger partial charge in [0.15, 0.2) is 0 Å². The molecule has 2 nitrogen and oxygen atoms in total. The molecule has 0 saturated heterocycles. The molecule has 0 saturated carbocycles. The third-order valence-corrected chi connectivity index (χ3v) is 0.258. The second-order valence-corrected chi connectivity index (χ2v) is 0.734. The molecule has 0 bridgehead atoms. The Bertz CT molecular complexity index is 18.3. The molecule has 0 aromatic carbocycles. The monoisotopic (exact) mass is 258 g/mol. The van der Waals surface area contributed by atoms with Gasteiger partial charge < -0.3 is 10.1 Å². The standard InChI is InChI=1S/C3H8NO.W/c1-4-3-5-2;/h3H2,1-2H3;/q-1;+2. The van der Waals surface area contributed by atoms with Crippen LogP contribution in [-0.4, -0.2) is 20.9 Å². The van der Waals surface area contributed by atoms with E-state index in [2.05, 4.69) is 10.1 Å². The molecular weight excluding hydrogens is 250 g/mol. The van der Waals surface area contributed by atoms with Gasteiger partial charge >= 0.3 is 21.1 Å². The second-order valence-electron chi connectivity index (χ2n) is 0.734. The molecule has 0 aromatic heterocycles. The predicted octanol–water partition coefficient (Wildman–Crippen LogP) is 0.591. The first-order valence-corrected chi connectivity index (χ1v) is 1.46. The van der Waals surface area contributed by atoms with Crippen molar-refractivity contribution in [2.45, 2.75) is 0 Å². The summed E-state index contributed by atoms with van der Waals surface area (Å²) in [7, 11) is 3.33. The van der Waals surface area contributed by atoms with E-state index in [1.807, 2.05) is 0 Å². The summed E-state index contributed by atoms with van der Waals surface area (Å²) in [5.41, 5.74) is 0. The Labute approximate surface area is 52.5 Å². The van der Waals surface area contributed by atoms with Crippen molar-refractivity contribution in [3.05, 3.63) is 5.32 Å². The Morgan fingerprint density at radius 2 is 2.17 bits per heavy atom. The van der Waals surface area contributed by atoms with Crippen molar-refractivity contribution in [1.82, 2.24) is 0 Å². The van der Waals surface area contributed by atoms with Gasteiger partial charge in [0.1, 0.15) is 0 Å². The molecule has 0 aromatic rings. The number of hydrogen-bond donors (Lipinski definition) is 0. The summed E-state index contributed by atoms with van der Waals surface area (Å²) >= 11 is 0. The summed E-state index contributed by atoms with van der Waals surface area (Å²) in [6.07, 6.45) is 0. The van der Waals surface area contributed by atoms with Crippen molar-refractivity contribution in [3.63, 3.8) is 0 Å². The summed E-state index contributed by atoms with van der Waals surface area (Å²) in [5.74, 6) is 0. The van der Waals surface area contributed by atoms with Crippen LogP contribution in [0.5, 0.6) is 0 Å². The minimum absolute atomic E-state index is 0. The maximum atomic E-state index is 4.52. The zero-order valence-corrected chi connectivity index (χ0v) is 6.90. The largest absolute Gasteiger partial charge is 2.00 e. The normalized spacial score (nSPS) is 7.00. The summed E-state index contributed by atoms with van der Waals surface area (Å²) in [6, 6.07) is 0. The van der Waals surface area contributed by atoms with Crippen LogP contribution in [0.4, 0.5) is 0 Å². The summed E-state index contributed by atoms with van der Waals surface area (Å²) in [4.78, 5) is 0. The summed E-state index contributed by atoms with van der Waals surface area (Å²) in [5, 5.41) is 3.63. The molecule has 0 aliphatic rings. The molecule has 0 aliphatic heterocycles. The van der Waals surface area contributed by atoms with Crippen LogP contribution < -0.4 is 0 Å². The molecule has 0 aliphatic carbocycles. The topological polar surface area (TPSA) is 23.3 Å². The van der Waals surface area contributed by atoms with E-state index in [0.29, 0.717) is 6.73 Å². The van der Waals surface area contributed by atoms with Gasteiger partial charge in [-0.2, -0.15) is 7.05 Å². The molecule has 6 heavy (non-hydrogen) atoms. The van der Waals surface area contributed by atoms with E-state index >= 15 is 0 Å². The van der Waals surface area contributed by atoms with Gasteiger partial charge in [-0.25, -0.2) is 0 Å². The fraction of sp³-hybridized carbons (Fsp3) is 1.00. The molecule has 0 unspecified atom stereocenters. The van der Waals surface area contributed by atoms with Crippen molar-refractivity contribution >= 4 is 0 Å². The average Bonchev–Trinajstić information content (AvgIpc) is 1.41. The average molecular weight is 258 g/mol. The van der Waals surface area contributed by atoms with E-state index in [9.17, 15) is 0 Å². The van der Waals surface area contributed by atoms with Crippen LogP contribution in [0.3, 0.4) is 0 Å². The molecule has 0 spiro atoms. The number of ether oxygens (including phenoxy) is 1. The third kappa shape index (κ3) is 8.82. The summed E-state index contributed by atoms with van der Waals surface area (Å²) < 4.78 is 4.52. The molecule has 0 heterocycles. The van der Waals surface area contributed by atoms with Crippen molar-refractivity contribution in [1.29, 1.82) is 0 Å². The van der Waals surface area contributed by atoms with Gasteiger partial charge in [-0.1, -0.05) is 0 Å². The molecule has 0 N–H and O–H groups in total. The minimum atomic E-state index is 0. The Hall–Kier alpha value is 0.608. The Balaban J connectivity index is 0. The van der Waals surface area contributed by atoms with E-state index in [4.69, 9.17) is 0 Å². The van der Waals surface area contributed by atoms with Crippen LogP contribution in [0.1, 0.15) is 0 Å². The Morgan fingerprint density at radius 3 is 2.17 bits per heavy atom. The van der Waals surface area contributed by atoms with E-state index in [1.165, 1.54) is 0 Å². The molecule has 0 atom stereocenters. The van der Waals surface area contributed by atoms with E-state index in [0.717, 1.165) is 0 Å². The molecule has 0 fully saturated rings. The van der Waals surface area contributed by atoms with Gasteiger partial charge in [-0.05, 0) is 6.73 Å². The SMILES string of the molecule is C[N-]COC.[W+2]. The Morgan fingerprint density at radius 1 is 1.67 bits per heavy atom. The first-order valence-electron chi connectivity index (χ1n) is 1.46. The van der Waals surface area contributed by atoms with Crippen LogP contribution in [0.25, 0.3) is 5.32 Å². The van der Waals surface area contributed by atoms with Gasteiger partial charge in [0.2, 0.25) is 0 Å². The molecular formula is C3H8NOW+. The smallest absolute Gasteiger partial charge is 0.642 e. The third-order valence-electron chi connectivity index (χ3n) is 0.258. The second kappa shape index (κ2) is 9.15. The number of nitrogens with zero attached hydrogens (tertiary/aromatic N) is 1. The molecule has 0 amide bonds. The maximum Gasteiger partial charge on any atom is 2.00 e. The molecule has 3 heteroatoms. The van der Waals surface area contributed by atoms with Crippen LogP contribution in [-0.2, 0) is 25.8 Å².